The number of likely N-dealkylation sites (tertiary alicyclic amines) is 1. The van der Waals surface area contributed by atoms with E-state index in [9.17, 15) is 4.79 Å². The molecule has 162 valence electrons. The van der Waals surface area contributed by atoms with E-state index in [4.69, 9.17) is 4.74 Å². The maximum Gasteiger partial charge on any atom is 0.326 e. The lowest BCUT2D eigenvalue weighted by molar-refractivity contribution is 0.185. The summed E-state index contributed by atoms with van der Waals surface area (Å²) in [6.45, 7) is 7.38. The number of fused-ring (bicyclic) bond motifs is 2. The number of ether oxygens (including phenoxy) is 1. The molecule has 1 fully saturated rings. The van der Waals surface area contributed by atoms with Crippen molar-refractivity contribution in [3.05, 3.63) is 46.8 Å². The first-order valence-electron chi connectivity index (χ1n) is 11.0. The number of likely N-dealkylation sites (N-methyl/N-ethyl adjacent to an activating group) is 1. The van der Waals surface area contributed by atoms with Crippen molar-refractivity contribution < 1.29 is 4.74 Å². The monoisotopic (exact) mass is 420 g/mol. The smallest absolute Gasteiger partial charge is 0.326 e. The van der Waals surface area contributed by atoms with Crippen LogP contribution in [0.1, 0.15) is 38.3 Å². The summed E-state index contributed by atoms with van der Waals surface area (Å²) in [7, 11) is 1.64. The molecule has 0 amide bonds. The van der Waals surface area contributed by atoms with Crippen molar-refractivity contribution in [1.29, 1.82) is 0 Å². The first-order valence-corrected chi connectivity index (χ1v) is 11.0. The average Bonchev–Trinajstić information content (AvgIpc) is 3.40. The minimum Gasteiger partial charge on any atom is -0.493 e. The molecule has 8 nitrogen and oxygen atoms in total. The predicted molar refractivity (Wildman–Crippen MR) is 121 cm³/mol. The normalized spacial score (nSPS) is 17.6. The number of pyridine rings is 1. The number of benzene rings is 1. The van der Waals surface area contributed by atoms with Crippen LogP contribution in [0.5, 0.6) is 5.75 Å². The Balaban J connectivity index is 1.66. The summed E-state index contributed by atoms with van der Waals surface area (Å²) in [4.78, 5) is 22.8. The zero-order valence-corrected chi connectivity index (χ0v) is 18.3. The number of aryl methyl sites for hydroxylation is 1. The second-order valence-electron chi connectivity index (χ2n) is 8.19. The van der Waals surface area contributed by atoms with Gasteiger partial charge >= 0.3 is 5.69 Å². The van der Waals surface area contributed by atoms with E-state index in [0.29, 0.717) is 11.4 Å². The molecule has 0 spiro atoms. The quantitative estimate of drug-likeness (QED) is 0.536. The average molecular weight is 421 g/mol. The molecule has 1 aliphatic rings. The number of aromatic amines is 1. The molecule has 0 radical (unpaired) electrons. The summed E-state index contributed by atoms with van der Waals surface area (Å²) in [6.07, 6.45) is 6.49. The number of nitrogens with zero attached hydrogens (tertiary/aromatic N) is 5. The van der Waals surface area contributed by atoms with Crippen LogP contribution in [-0.4, -0.2) is 55.8 Å². The Morgan fingerprint density at radius 1 is 1.26 bits per heavy atom. The molecule has 8 heteroatoms. The van der Waals surface area contributed by atoms with Gasteiger partial charge in [0.15, 0.2) is 11.4 Å². The van der Waals surface area contributed by atoms with Crippen LogP contribution in [0.4, 0.5) is 0 Å². The molecule has 5 rings (SSSR count). The maximum atomic E-state index is 13.0. The van der Waals surface area contributed by atoms with Crippen LogP contribution in [-0.2, 0) is 6.42 Å². The fourth-order valence-corrected chi connectivity index (χ4v) is 4.86. The van der Waals surface area contributed by atoms with Gasteiger partial charge in [0.25, 0.3) is 0 Å². The van der Waals surface area contributed by atoms with Crippen molar-refractivity contribution in [2.24, 2.45) is 0 Å². The van der Waals surface area contributed by atoms with Crippen LogP contribution >= 0.6 is 0 Å². The van der Waals surface area contributed by atoms with E-state index in [1.54, 1.807) is 11.6 Å². The summed E-state index contributed by atoms with van der Waals surface area (Å²) in [5, 5.41) is 4.28. The summed E-state index contributed by atoms with van der Waals surface area (Å²) in [5.41, 5.74) is 5.75. The first-order chi connectivity index (χ1) is 15.1. The van der Waals surface area contributed by atoms with Crippen molar-refractivity contribution >= 4 is 16.7 Å². The number of hydrogen-bond acceptors (Lipinski definition) is 5. The zero-order valence-electron chi connectivity index (χ0n) is 18.3. The SMILES string of the molecule is CCc1cc2c(cc1-c1cc(OC)c3ncnn3c1)[nH]c(=O)n2[C@@H]1CCCN(CC)C1. The van der Waals surface area contributed by atoms with E-state index < -0.39 is 0 Å². The molecule has 1 aliphatic heterocycles. The minimum atomic E-state index is -0.0264. The van der Waals surface area contributed by atoms with Crippen molar-refractivity contribution in [1.82, 2.24) is 29.0 Å². The van der Waals surface area contributed by atoms with Crippen molar-refractivity contribution in [2.45, 2.75) is 39.2 Å². The highest BCUT2D eigenvalue weighted by molar-refractivity contribution is 5.85. The third-order valence-corrected chi connectivity index (χ3v) is 6.49. The van der Waals surface area contributed by atoms with Gasteiger partial charge in [-0.15, -0.1) is 0 Å². The Labute approximate surface area is 180 Å². The number of aromatic nitrogens is 5. The molecule has 31 heavy (non-hydrogen) atoms. The van der Waals surface area contributed by atoms with Crippen molar-refractivity contribution in [3.8, 4) is 16.9 Å². The lowest BCUT2D eigenvalue weighted by atomic mass is 9.97. The summed E-state index contributed by atoms with van der Waals surface area (Å²) >= 11 is 0. The third-order valence-electron chi connectivity index (χ3n) is 6.49. The van der Waals surface area contributed by atoms with Gasteiger partial charge in [-0.3, -0.25) is 4.57 Å². The van der Waals surface area contributed by atoms with Gasteiger partial charge in [0.2, 0.25) is 0 Å². The van der Waals surface area contributed by atoms with Crippen LogP contribution in [0, 0.1) is 0 Å². The van der Waals surface area contributed by atoms with E-state index in [1.807, 2.05) is 16.8 Å². The van der Waals surface area contributed by atoms with Gasteiger partial charge < -0.3 is 14.6 Å². The van der Waals surface area contributed by atoms with Gasteiger partial charge in [-0.1, -0.05) is 13.8 Å². The predicted octanol–water partition coefficient (Wildman–Crippen LogP) is 3.27. The molecule has 0 unspecified atom stereocenters. The Bertz CT molecular complexity index is 1300. The van der Waals surface area contributed by atoms with Crippen LogP contribution < -0.4 is 10.4 Å². The molecule has 4 heterocycles. The van der Waals surface area contributed by atoms with Crippen molar-refractivity contribution in [2.75, 3.05) is 26.7 Å². The number of nitrogens with one attached hydrogen (secondary N) is 1. The molecule has 1 aromatic carbocycles. The molecule has 1 N–H and O–H groups in total. The maximum absolute atomic E-state index is 13.0. The summed E-state index contributed by atoms with van der Waals surface area (Å²) in [6, 6.07) is 6.45. The Kier molecular flexibility index (Phi) is 5.02. The van der Waals surface area contributed by atoms with Gasteiger partial charge in [0.05, 0.1) is 24.2 Å². The number of methoxy groups -OCH3 is 1. The van der Waals surface area contributed by atoms with E-state index in [-0.39, 0.29) is 11.7 Å². The number of imidazole rings is 1. The lowest BCUT2D eigenvalue weighted by Crippen LogP contribution is -2.39. The van der Waals surface area contributed by atoms with Gasteiger partial charge in [-0.25, -0.2) is 14.3 Å². The number of rotatable bonds is 5. The molecular formula is C23H28N6O2. The van der Waals surface area contributed by atoms with E-state index in [1.165, 1.54) is 11.9 Å². The fraction of sp³-hybridized carbons (Fsp3) is 0.435. The highest BCUT2D eigenvalue weighted by Gasteiger charge is 2.24. The summed E-state index contributed by atoms with van der Waals surface area (Å²) < 4.78 is 9.25. The first kappa shape index (κ1) is 19.8. The van der Waals surface area contributed by atoms with E-state index in [0.717, 1.165) is 61.1 Å². The van der Waals surface area contributed by atoms with Crippen LogP contribution in [0.2, 0.25) is 0 Å². The highest BCUT2D eigenvalue weighted by Crippen LogP contribution is 2.33. The molecular weight excluding hydrogens is 392 g/mol. The Morgan fingerprint density at radius 2 is 2.13 bits per heavy atom. The molecule has 3 aromatic heterocycles. The van der Waals surface area contributed by atoms with Crippen molar-refractivity contribution in [3.63, 3.8) is 0 Å². The number of H-pyrrole nitrogens is 1. The van der Waals surface area contributed by atoms with Gasteiger partial charge in [0.1, 0.15) is 6.33 Å². The fourth-order valence-electron chi connectivity index (χ4n) is 4.86. The summed E-state index contributed by atoms with van der Waals surface area (Å²) in [5.74, 6) is 0.671. The van der Waals surface area contributed by atoms with Gasteiger partial charge in [-0.05, 0) is 61.7 Å². The minimum absolute atomic E-state index is 0.0264. The highest BCUT2D eigenvalue weighted by atomic mass is 16.5. The standard InChI is InChI=1S/C23H28N6O2/c1-4-15-9-20-19(26-23(30)29(20)17-7-6-8-27(5-2)13-17)11-18(15)16-10-21(31-3)22-24-14-25-28(22)12-16/h9-12,14,17H,4-8,13H2,1-3H3,(H,26,30)/t17-/m1/s1. The zero-order chi connectivity index (χ0) is 21.5. The van der Waals surface area contributed by atoms with Gasteiger partial charge in [0, 0.05) is 18.3 Å². The lowest BCUT2D eigenvalue weighted by Gasteiger charge is -2.32. The molecule has 1 atom stereocenters. The molecule has 4 aromatic rings. The second kappa shape index (κ2) is 7.85. The molecule has 0 aliphatic carbocycles. The largest absolute Gasteiger partial charge is 0.493 e. The molecule has 0 saturated carbocycles. The third kappa shape index (κ3) is 3.31. The van der Waals surface area contributed by atoms with Crippen LogP contribution in [0.15, 0.2) is 35.5 Å². The van der Waals surface area contributed by atoms with Crippen LogP contribution in [0.3, 0.4) is 0 Å². The van der Waals surface area contributed by atoms with Crippen LogP contribution in [0.25, 0.3) is 27.8 Å². The topological polar surface area (TPSA) is 80.5 Å². The molecule has 0 bridgehead atoms. The Morgan fingerprint density at radius 3 is 2.90 bits per heavy atom. The molecule has 1 saturated heterocycles. The second-order valence-corrected chi connectivity index (χ2v) is 8.19. The number of hydrogen-bond donors (Lipinski definition) is 1. The Hall–Kier alpha value is -3.13. The van der Waals surface area contributed by atoms with E-state index in [2.05, 4.69) is 45.9 Å². The van der Waals surface area contributed by atoms with E-state index >= 15 is 0 Å². The number of piperidine rings is 1. The van der Waals surface area contributed by atoms with Gasteiger partial charge in [-0.2, -0.15) is 5.10 Å².